The second-order valence-electron chi connectivity index (χ2n) is 6.39. The van der Waals surface area contributed by atoms with Crippen molar-refractivity contribution in [2.24, 2.45) is 11.3 Å². The summed E-state index contributed by atoms with van der Waals surface area (Å²) in [6, 6.07) is 7.96. The van der Waals surface area contributed by atoms with Crippen LogP contribution >= 0.6 is 0 Å². The Hall–Kier alpha value is -1.51. The molecule has 20 heavy (non-hydrogen) atoms. The van der Waals surface area contributed by atoms with Crippen molar-refractivity contribution in [3.05, 3.63) is 24.3 Å². The molecule has 0 spiro atoms. The molecule has 1 aliphatic rings. The minimum absolute atomic E-state index is 0.133. The second kappa shape index (κ2) is 5.86. The SMILES string of the molecule is COc1ccccc1N(C)CC1CCCC(C)(C)C1=O. The zero-order valence-electron chi connectivity index (χ0n) is 13.0. The van der Waals surface area contributed by atoms with Gasteiger partial charge in [-0.3, -0.25) is 4.79 Å². The highest BCUT2D eigenvalue weighted by Gasteiger charge is 2.37. The maximum atomic E-state index is 12.5. The summed E-state index contributed by atoms with van der Waals surface area (Å²) in [6.45, 7) is 4.91. The van der Waals surface area contributed by atoms with Gasteiger partial charge in [-0.15, -0.1) is 0 Å². The molecule has 2 rings (SSSR count). The molecule has 0 N–H and O–H groups in total. The van der Waals surface area contributed by atoms with Crippen molar-refractivity contribution < 1.29 is 9.53 Å². The lowest BCUT2D eigenvalue weighted by Gasteiger charge is -2.36. The largest absolute Gasteiger partial charge is 0.495 e. The Balaban J connectivity index is 2.11. The van der Waals surface area contributed by atoms with E-state index in [0.717, 1.165) is 37.2 Å². The number of hydrogen-bond acceptors (Lipinski definition) is 3. The third-order valence-electron chi connectivity index (χ3n) is 4.38. The number of ether oxygens (including phenoxy) is 1. The molecular formula is C17H25NO2. The lowest BCUT2D eigenvalue weighted by Crippen LogP contribution is -2.40. The molecule has 3 heteroatoms. The Bertz CT molecular complexity index is 482. The first-order valence-electron chi connectivity index (χ1n) is 7.34. The summed E-state index contributed by atoms with van der Waals surface area (Å²) in [5.74, 6) is 1.40. The molecule has 1 aromatic rings. The van der Waals surface area contributed by atoms with Crippen LogP contribution in [0.4, 0.5) is 5.69 Å². The number of carbonyl (C=O) groups excluding carboxylic acids is 1. The van der Waals surface area contributed by atoms with Gasteiger partial charge in [0.1, 0.15) is 11.5 Å². The Labute approximate surface area is 121 Å². The highest BCUT2D eigenvalue weighted by molar-refractivity contribution is 5.87. The molecule has 0 saturated heterocycles. The van der Waals surface area contributed by atoms with Crippen LogP contribution in [0.3, 0.4) is 0 Å². The topological polar surface area (TPSA) is 29.5 Å². The molecule has 1 aromatic carbocycles. The van der Waals surface area contributed by atoms with Gasteiger partial charge >= 0.3 is 0 Å². The minimum Gasteiger partial charge on any atom is -0.495 e. The van der Waals surface area contributed by atoms with Gasteiger partial charge in [0, 0.05) is 24.9 Å². The van der Waals surface area contributed by atoms with Crippen molar-refractivity contribution in [2.45, 2.75) is 33.1 Å². The summed E-state index contributed by atoms with van der Waals surface area (Å²) in [5, 5.41) is 0. The molecule has 1 saturated carbocycles. The van der Waals surface area contributed by atoms with E-state index in [-0.39, 0.29) is 11.3 Å². The van der Waals surface area contributed by atoms with Crippen molar-refractivity contribution in [1.82, 2.24) is 0 Å². The van der Waals surface area contributed by atoms with Gasteiger partial charge in [0.05, 0.1) is 12.8 Å². The highest BCUT2D eigenvalue weighted by atomic mass is 16.5. The molecule has 0 aromatic heterocycles. The molecule has 1 aliphatic carbocycles. The second-order valence-corrected chi connectivity index (χ2v) is 6.39. The lowest BCUT2D eigenvalue weighted by molar-refractivity contribution is -0.133. The van der Waals surface area contributed by atoms with Gasteiger partial charge in [-0.2, -0.15) is 0 Å². The van der Waals surface area contributed by atoms with E-state index in [9.17, 15) is 4.79 Å². The lowest BCUT2D eigenvalue weighted by atomic mass is 9.71. The average Bonchev–Trinajstić information content (AvgIpc) is 2.43. The zero-order chi connectivity index (χ0) is 14.8. The smallest absolute Gasteiger partial charge is 0.143 e. The monoisotopic (exact) mass is 275 g/mol. The Kier molecular flexibility index (Phi) is 4.36. The number of rotatable bonds is 4. The number of Topliss-reactive ketones (excluding diaryl/α,β-unsaturated/α-hetero) is 1. The summed E-state index contributed by atoms with van der Waals surface area (Å²) in [7, 11) is 3.72. The van der Waals surface area contributed by atoms with E-state index in [2.05, 4.69) is 18.7 Å². The van der Waals surface area contributed by atoms with Crippen LogP contribution in [0.1, 0.15) is 33.1 Å². The van der Waals surface area contributed by atoms with Gasteiger partial charge in [-0.25, -0.2) is 0 Å². The molecule has 0 heterocycles. The predicted molar refractivity (Wildman–Crippen MR) is 82.4 cm³/mol. The fourth-order valence-corrected chi connectivity index (χ4v) is 3.15. The molecule has 1 fully saturated rings. The van der Waals surface area contributed by atoms with Crippen LogP contribution in [0, 0.1) is 11.3 Å². The van der Waals surface area contributed by atoms with E-state index in [1.807, 2.05) is 31.3 Å². The highest BCUT2D eigenvalue weighted by Crippen LogP contribution is 2.36. The number of ketones is 1. The van der Waals surface area contributed by atoms with Gasteiger partial charge in [-0.05, 0) is 25.0 Å². The van der Waals surface area contributed by atoms with E-state index in [0.29, 0.717) is 5.78 Å². The molecule has 0 radical (unpaired) electrons. The number of methoxy groups -OCH3 is 1. The number of nitrogens with zero attached hydrogens (tertiary/aromatic N) is 1. The van der Waals surface area contributed by atoms with Crippen LogP contribution < -0.4 is 9.64 Å². The molecule has 1 unspecified atom stereocenters. The van der Waals surface area contributed by atoms with Gasteiger partial charge in [0.25, 0.3) is 0 Å². The fraction of sp³-hybridized carbons (Fsp3) is 0.588. The van der Waals surface area contributed by atoms with E-state index >= 15 is 0 Å². The Morgan fingerprint density at radius 3 is 2.75 bits per heavy atom. The minimum atomic E-state index is -0.162. The normalized spacial score (nSPS) is 21.6. The van der Waals surface area contributed by atoms with Crippen LogP contribution in [0.25, 0.3) is 0 Å². The van der Waals surface area contributed by atoms with Crippen LogP contribution in [0.5, 0.6) is 5.75 Å². The van der Waals surface area contributed by atoms with Gasteiger partial charge in [0.15, 0.2) is 0 Å². The van der Waals surface area contributed by atoms with Gasteiger partial charge in [-0.1, -0.05) is 32.4 Å². The van der Waals surface area contributed by atoms with Crippen LogP contribution in [0.15, 0.2) is 24.3 Å². The van der Waals surface area contributed by atoms with Crippen molar-refractivity contribution in [1.29, 1.82) is 0 Å². The third-order valence-corrected chi connectivity index (χ3v) is 4.38. The Morgan fingerprint density at radius 1 is 1.35 bits per heavy atom. The van der Waals surface area contributed by atoms with Crippen LogP contribution in [-0.4, -0.2) is 26.5 Å². The summed E-state index contributed by atoms with van der Waals surface area (Å²) < 4.78 is 5.40. The van der Waals surface area contributed by atoms with Crippen LogP contribution in [0.2, 0.25) is 0 Å². The summed E-state index contributed by atoms with van der Waals surface area (Å²) >= 11 is 0. The molecule has 1 atom stereocenters. The molecule has 3 nitrogen and oxygen atoms in total. The standard InChI is InChI=1S/C17H25NO2/c1-17(2)11-7-8-13(16(17)19)12-18(3)14-9-5-6-10-15(14)20-4/h5-6,9-10,13H,7-8,11-12H2,1-4H3. The number of carbonyl (C=O) groups is 1. The van der Waals surface area contributed by atoms with Gasteiger partial charge < -0.3 is 9.64 Å². The van der Waals surface area contributed by atoms with E-state index in [1.165, 1.54) is 0 Å². The van der Waals surface area contributed by atoms with Crippen LogP contribution in [-0.2, 0) is 4.79 Å². The van der Waals surface area contributed by atoms with Crippen molar-refractivity contribution in [2.75, 3.05) is 25.6 Å². The third kappa shape index (κ3) is 2.97. The maximum absolute atomic E-state index is 12.5. The van der Waals surface area contributed by atoms with E-state index < -0.39 is 0 Å². The first kappa shape index (κ1) is 14.9. The summed E-state index contributed by atoms with van der Waals surface area (Å²) in [5.41, 5.74) is 0.885. The van der Waals surface area contributed by atoms with Crippen molar-refractivity contribution in [3.8, 4) is 5.75 Å². The van der Waals surface area contributed by atoms with E-state index in [4.69, 9.17) is 4.74 Å². The zero-order valence-corrected chi connectivity index (χ0v) is 13.0. The first-order chi connectivity index (χ1) is 9.45. The number of hydrogen-bond donors (Lipinski definition) is 0. The molecular weight excluding hydrogens is 250 g/mol. The van der Waals surface area contributed by atoms with Crippen molar-refractivity contribution in [3.63, 3.8) is 0 Å². The maximum Gasteiger partial charge on any atom is 0.143 e. The average molecular weight is 275 g/mol. The molecule has 110 valence electrons. The first-order valence-corrected chi connectivity index (χ1v) is 7.34. The van der Waals surface area contributed by atoms with Crippen molar-refractivity contribution >= 4 is 11.5 Å². The number of benzene rings is 1. The fourth-order valence-electron chi connectivity index (χ4n) is 3.15. The predicted octanol–water partition coefficient (Wildman–Crippen LogP) is 3.53. The van der Waals surface area contributed by atoms with E-state index in [1.54, 1.807) is 7.11 Å². The van der Waals surface area contributed by atoms with Gasteiger partial charge in [0.2, 0.25) is 0 Å². The molecule has 0 bridgehead atoms. The molecule has 0 amide bonds. The number of para-hydroxylation sites is 2. The molecule has 0 aliphatic heterocycles. The Morgan fingerprint density at radius 2 is 2.05 bits per heavy atom. The summed E-state index contributed by atoms with van der Waals surface area (Å²) in [6.07, 6.45) is 3.16. The number of anilines is 1. The quantitative estimate of drug-likeness (QED) is 0.842. The summed E-state index contributed by atoms with van der Waals surface area (Å²) in [4.78, 5) is 14.7.